The predicted octanol–water partition coefficient (Wildman–Crippen LogP) is 2.96. The first kappa shape index (κ1) is 13.1. The van der Waals surface area contributed by atoms with Gasteiger partial charge in [0.05, 0.1) is 0 Å². The smallest absolute Gasteiger partial charge is 0.192 e. The molecule has 0 bridgehead atoms. The van der Waals surface area contributed by atoms with E-state index in [1.165, 1.54) is 16.0 Å². The molecule has 1 aromatic heterocycles. The first-order valence-corrected chi connectivity index (χ1v) is 6.71. The van der Waals surface area contributed by atoms with Crippen LogP contribution in [0, 0.1) is 13.8 Å². The molecule has 0 unspecified atom stereocenters. The lowest BCUT2D eigenvalue weighted by atomic mass is 10.2. The van der Waals surface area contributed by atoms with Gasteiger partial charge in [-0.1, -0.05) is 17.7 Å². The summed E-state index contributed by atoms with van der Waals surface area (Å²) in [5.74, 6) is 0. The minimum Gasteiger partial charge on any atom is -0.316 e. The van der Waals surface area contributed by atoms with Crippen LogP contribution in [-0.2, 0) is 6.54 Å². The van der Waals surface area contributed by atoms with Gasteiger partial charge in [-0.25, -0.2) is 9.97 Å². The second-order valence-electron chi connectivity index (χ2n) is 4.28. The molecule has 0 amide bonds. The minimum absolute atomic E-state index is 0.793. The first-order valence-electron chi connectivity index (χ1n) is 5.89. The maximum Gasteiger partial charge on any atom is 0.192 e. The molecule has 3 nitrogen and oxygen atoms in total. The number of hydrogen-bond donors (Lipinski definition) is 1. The summed E-state index contributed by atoms with van der Waals surface area (Å²) in [5.41, 5.74) is 3.65. The van der Waals surface area contributed by atoms with Crippen molar-refractivity contribution in [1.29, 1.82) is 0 Å². The third-order valence-corrected chi connectivity index (χ3v) is 3.67. The normalized spacial score (nSPS) is 10.6. The van der Waals surface area contributed by atoms with Gasteiger partial charge in [0.15, 0.2) is 5.16 Å². The van der Waals surface area contributed by atoms with Crippen molar-refractivity contribution in [2.24, 2.45) is 0 Å². The lowest BCUT2D eigenvalue weighted by molar-refractivity contribution is 0.793. The van der Waals surface area contributed by atoms with Crippen molar-refractivity contribution in [1.82, 2.24) is 15.3 Å². The van der Waals surface area contributed by atoms with Gasteiger partial charge in [0, 0.05) is 29.4 Å². The summed E-state index contributed by atoms with van der Waals surface area (Å²) in [6.45, 7) is 5.02. The van der Waals surface area contributed by atoms with Crippen LogP contribution in [-0.4, -0.2) is 17.0 Å². The summed E-state index contributed by atoms with van der Waals surface area (Å²) in [7, 11) is 1.92. The molecule has 1 heterocycles. The Kier molecular flexibility index (Phi) is 4.33. The summed E-state index contributed by atoms with van der Waals surface area (Å²) in [4.78, 5) is 9.95. The third kappa shape index (κ3) is 3.31. The molecule has 18 heavy (non-hydrogen) atoms. The van der Waals surface area contributed by atoms with Gasteiger partial charge in [0.1, 0.15) is 0 Å². The van der Waals surface area contributed by atoms with E-state index >= 15 is 0 Å². The van der Waals surface area contributed by atoms with E-state index in [9.17, 15) is 0 Å². The Morgan fingerprint density at radius 2 is 1.89 bits per heavy atom. The van der Waals surface area contributed by atoms with E-state index < -0.39 is 0 Å². The number of aromatic nitrogens is 2. The highest BCUT2D eigenvalue weighted by Crippen LogP contribution is 2.27. The zero-order valence-corrected chi connectivity index (χ0v) is 11.7. The molecule has 0 radical (unpaired) electrons. The van der Waals surface area contributed by atoms with Gasteiger partial charge < -0.3 is 5.32 Å². The van der Waals surface area contributed by atoms with Crippen molar-refractivity contribution in [3.8, 4) is 0 Å². The molecule has 2 rings (SSSR count). The van der Waals surface area contributed by atoms with E-state index in [1.54, 1.807) is 11.8 Å². The van der Waals surface area contributed by atoms with Gasteiger partial charge in [-0.2, -0.15) is 0 Å². The summed E-state index contributed by atoms with van der Waals surface area (Å²) in [5, 5.41) is 3.88. The number of benzene rings is 1. The lowest BCUT2D eigenvalue weighted by Crippen LogP contribution is -2.05. The quantitative estimate of drug-likeness (QED) is 0.857. The van der Waals surface area contributed by atoms with E-state index in [-0.39, 0.29) is 0 Å². The van der Waals surface area contributed by atoms with Gasteiger partial charge in [0.25, 0.3) is 0 Å². The summed E-state index contributed by atoms with van der Waals surface area (Å²) in [6.07, 6.45) is 3.74. The van der Waals surface area contributed by atoms with Crippen molar-refractivity contribution in [2.45, 2.75) is 30.4 Å². The van der Waals surface area contributed by atoms with E-state index in [2.05, 4.69) is 47.3 Å². The Labute approximate surface area is 112 Å². The fourth-order valence-corrected chi connectivity index (χ4v) is 2.47. The van der Waals surface area contributed by atoms with Gasteiger partial charge in [0.2, 0.25) is 0 Å². The van der Waals surface area contributed by atoms with Crippen LogP contribution in [0.4, 0.5) is 0 Å². The molecule has 0 spiro atoms. The molecule has 0 aliphatic carbocycles. The Balaban J connectivity index is 2.13. The Hall–Kier alpha value is -1.39. The Bertz CT molecular complexity index is 523. The molecule has 0 atom stereocenters. The standard InChI is InChI=1S/C14H17N3S/c1-10-4-5-13(11(2)6-10)18-14-16-8-12(7-15-3)9-17-14/h4-6,8-9,15H,7H2,1-3H3. The first-order chi connectivity index (χ1) is 8.69. The zero-order valence-electron chi connectivity index (χ0n) is 10.9. The molecule has 0 fully saturated rings. The van der Waals surface area contributed by atoms with Crippen LogP contribution in [0.25, 0.3) is 0 Å². The van der Waals surface area contributed by atoms with Crippen molar-refractivity contribution in [3.63, 3.8) is 0 Å². The second kappa shape index (κ2) is 5.98. The lowest BCUT2D eigenvalue weighted by Gasteiger charge is -2.06. The fraction of sp³-hybridized carbons (Fsp3) is 0.286. The van der Waals surface area contributed by atoms with Crippen LogP contribution in [0.5, 0.6) is 0 Å². The Morgan fingerprint density at radius 3 is 2.50 bits per heavy atom. The highest BCUT2D eigenvalue weighted by atomic mass is 32.2. The molecular weight excluding hydrogens is 242 g/mol. The van der Waals surface area contributed by atoms with Crippen LogP contribution < -0.4 is 5.32 Å². The van der Waals surface area contributed by atoms with Crippen molar-refractivity contribution >= 4 is 11.8 Å². The van der Waals surface area contributed by atoms with Gasteiger partial charge in [-0.05, 0) is 44.3 Å². The van der Waals surface area contributed by atoms with Crippen LogP contribution in [0.2, 0.25) is 0 Å². The molecule has 94 valence electrons. The van der Waals surface area contributed by atoms with Crippen LogP contribution in [0.1, 0.15) is 16.7 Å². The van der Waals surface area contributed by atoms with E-state index in [0.717, 1.165) is 17.3 Å². The van der Waals surface area contributed by atoms with Gasteiger partial charge in [-0.3, -0.25) is 0 Å². The minimum atomic E-state index is 0.793. The van der Waals surface area contributed by atoms with Gasteiger partial charge in [-0.15, -0.1) is 0 Å². The molecule has 0 saturated heterocycles. The highest BCUT2D eigenvalue weighted by Gasteiger charge is 2.04. The highest BCUT2D eigenvalue weighted by molar-refractivity contribution is 7.99. The predicted molar refractivity (Wildman–Crippen MR) is 74.8 cm³/mol. The number of rotatable bonds is 4. The number of nitrogens with zero attached hydrogens (tertiary/aromatic N) is 2. The maximum atomic E-state index is 4.37. The maximum absolute atomic E-state index is 4.37. The number of nitrogens with one attached hydrogen (secondary N) is 1. The summed E-state index contributed by atoms with van der Waals surface area (Å²) in [6, 6.07) is 6.42. The molecule has 0 aliphatic heterocycles. The van der Waals surface area contributed by atoms with Crippen LogP contribution in [0.15, 0.2) is 40.6 Å². The van der Waals surface area contributed by atoms with Gasteiger partial charge >= 0.3 is 0 Å². The Morgan fingerprint density at radius 1 is 1.17 bits per heavy atom. The largest absolute Gasteiger partial charge is 0.316 e. The van der Waals surface area contributed by atoms with Crippen LogP contribution in [0.3, 0.4) is 0 Å². The molecule has 0 aliphatic rings. The van der Waals surface area contributed by atoms with Crippen molar-refractivity contribution in [2.75, 3.05) is 7.05 Å². The molecule has 1 aromatic carbocycles. The molecule has 4 heteroatoms. The third-order valence-electron chi connectivity index (χ3n) is 2.59. The molecular formula is C14H17N3S. The summed E-state index contributed by atoms with van der Waals surface area (Å²) >= 11 is 1.61. The zero-order chi connectivity index (χ0) is 13.0. The molecule has 1 N–H and O–H groups in total. The van der Waals surface area contributed by atoms with E-state index in [4.69, 9.17) is 0 Å². The summed E-state index contributed by atoms with van der Waals surface area (Å²) < 4.78 is 0. The average Bonchev–Trinajstić information content (AvgIpc) is 2.35. The topological polar surface area (TPSA) is 37.8 Å². The fourth-order valence-electron chi connectivity index (χ4n) is 1.70. The average molecular weight is 259 g/mol. The number of hydrogen-bond acceptors (Lipinski definition) is 4. The van der Waals surface area contributed by atoms with E-state index in [0.29, 0.717) is 0 Å². The monoisotopic (exact) mass is 259 g/mol. The SMILES string of the molecule is CNCc1cnc(Sc2ccc(C)cc2C)nc1. The number of aryl methyl sites for hydroxylation is 2. The van der Waals surface area contributed by atoms with Crippen molar-refractivity contribution < 1.29 is 0 Å². The van der Waals surface area contributed by atoms with Crippen molar-refractivity contribution in [3.05, 3.63) is 47.3 Å². The molecule has 2 aromatic rings. The van der Waals surface area contributed by atoms with Crippen LogP contribution >= 0.6 is 11.8 Å². The second-order valence-corrected chi connectivity index (χ2v) is 5.28. The van der Waals surface area contributed by atoms with E-state index in [1.807, 2.05) is 19.4 Å². The molecule has 0 saturated carbocycles.